The van der Waals surface area contributed by atoms with E-state index in [1.807, 2.05) is 37.3 Å². The third-order valence-electron chi connectivity index (χ3n) is 4.11. The first kappa shape index (κ1) is 25.6. The molecule has 1 aromatic carbocycles. The molecule has 0 saturated heterocycles. The van der Waals surface area contributed by atoms with Crippen LogP contribution in [0.15, 0.2) is 48.7 Å². The van der Waals surface area contributed by atoms with Crippen molar-refractivity contribution < 1.29 is 15.6 Å². The highest BCUT2D eigenvalue weighted by molar-refractivity contribution is 6.32. The molecule has 170 valence electrons. The van der Waals surface area contributed by atoms with Crippen molar-refractivity contribution in [3.05, 3.63) is 75.5 Å². The Morgan fingerprint density at radius 2 is 1.88 bits per heavy atom. The molecule has 0 fully saturated rings. The minimum Gasteiger partial charge on any atom is -0.550 e. The normalized spacial score (nSPS) is 11.7. The standard InChI is InChI=1S/C20H17Cl2N3O2.C4H11N/c1-12-11-13(21)6-7-14(12)15(8-9-17(26)27)18-19(24-25(2)20(18)22)16-5-3-4-10-23-16;1-4(2,3)5/h3-8,10-11H,9H2,1-2H3,(H,26,27);5H2,1-3H3/b15-8-;. The predicted molar refractivity (Wildman–Crippen MR) is 127 cm³/mol. The van der Waals surface area contributed by atoms with Gasteiger partial charge in [0.1, 0.15) is 10.8 Å². The number of carbonyl (C=O) groups is 1. The summed E-state index contributed by atoms with van der Waals surface area (Å²) in [6, 6.07) is 10.9. The number of carboxylic acids is 1. The van der Waals surface area contributed by atoms with Gasteiger partial charge in [0, 0.05) is 36.2 Å². The summed E-state index contributed by atoms with van der Waals surface area (Å²) in [5.41, 5.74) is 8.19. The Bertz CT molecular complexity index is 1110. The molecule has 3 N–H and O–H groups in total. The average molecular weight is 475 g/mol. The fourth-order valence-corrected chi connectivity index (χ4v) is 3.34. The van der Waals surface area contributed by atoms with E-state index in [0.717, 1.165) is 11.1 Å². The monoisotopic (exact) mass is 474 g/mol. The molecule has 8 heteroatoms. The minimum atomic E-state index is -1.18. The summed E-state index contributed by atoms with van der Waals surface area (Å²) < 4.78 is 1.54. The van der Waals surface area contributed by atoms with E-state index in [1.165, 1.54) is 0 Å². The maximum absolute atomic E-state index is 11.1. The molecule has 0 radical (unpaired) electrons. The Balaban J connectivity index is 0.000000654. The quantitative estimate of drug-likeness (QED) is 0.609. The molecule has 0 aliphatic carbocycles. The molecule has 3 rings (SSSR count). The van der Waals surface area contributed by atoms with Gasteiger partial charge in [-0.25, -0.2) is 0 Å². The number of carbonyl (C=O) groups excluding carboxylic acids is 1. The van der Waals surface area contributed by atoms with Gasteiger partial charge < -0.3 is 15.6 Å². The lowest BCUT2D eigenvalue weighted by molar-refractivity contribution is -0.458. The first-order chi connectivity index (χ1) is 14.9. The number of aryl methyl sites for hydroxylation is 2. The molecule has 0 unspecified atom stereocenters. The van der Waals surface area contributed by atoms with Crippen LogP contribution in [0.5, 0.6) is 0 Å². The maximum Gasteiger partial charge on any atom is 0.135 e. The molecular formula is C24H28Cl2N4O2. The highest BCUT2D eigenvalue weighted by atomic mass is 35.5. The van der Waals surface area contributed by atoms with Crippen molar-refractivity contribution in [3.8, 4) is 11.4 Å². The average Bonchev–Trinajstić information content (AvgIpc) is 2.98. The van der Waals surface area contributed by atoms with E-state index < -0.39 is 5.97 Å². The van der Waals surface area contributed by atoms with Crippen molar-refractivity contribution in [3.63, 3.8) is 0 Å². The molecule has 0 bridgehead atoms. The lowest BCUT2D eigenvalue weighted by Gasteiger charge is -2.13. The molecule has 0 aliphatic rings. The van der Waals surface area contributed by atoms with E-state index in [4.69, 9.17) is 23.2 Å². The van der Waals surface area contributed by atoms with Crippen LogP contribution in [0.1, 0.15) is 43.9 Å². The molecule has 2 aromatic heterocycles. The van der Waals surface area contributed by atoms with Gasteiger partial charge in [-0.3, -0.25) is 9.67 Å². The number of benzene rings is 1. The van der Waals surface area contributed by atoms with E-state index in [-0.39, 0.29) is 12.0 Å². The number of hydrogen-bond acceptors (Lipinski definition) is 4. The van der Waals surface area contributed by atoms with Gasteiger partial charge in [0.05, 0.1) is 11.2 Å². The number of hydrogen-bond donors (Lipinski definition) is 1. The first-order valence-corrected chi connectivity index (χ1v) is 10.8. The van der Waals surface area contributed by atoms with Gasteiger partial charge >= 0.3 is 0 Å². The predicted octanol–water partition coefficient (Wildman–Crippen LogP) is 3.70. The van der Waals surface area contributed by atoms with Crippen molar-refractivity contribution in [2.24, 2.45) is 7.05 Å². The van der Waals surface area contributed by atoms with Crippen LogP contribution in [0.25, 0.3) is 17.0 Å². The lowest BCUT2D eigenvalue weighted by atomic mass is 9.93. The van der Waals surface area contributed by atoms with Crippen LogP contribution >= 0.6 is 23.2 Å². The van der Waals surface area contributed by atoms with Gasteiger partial charge in [0.15, 0.2) is 0 Å². The topological polar surface area (TPSA) is 98.5 Å². The summed E-state index contributed by atoms with van der Waals surface area (Å²) in [5.74, 6) is -1.18. The van der Waals surface area contributed by atoms with Gasteiger partial charge in [-0.1, -0.05) is 41.4 Å². The Morgan fingerprint density at radius 1 is 1.22 bits per heavy atom. The van der Waals surface area contributed by atoms with Gasteiger partial charge in [-0.15, -0.1) is 0 Å². The van der Waals surface area contributed by atoms with E-state index >= 15 is 0 Å². The largest absolute Gasteiger partial charge is 0.550 e. The summed E-state index contributed by atoms with van der Waals surface area (Å²) in [7, 11) is 1.73. The zero-order valence-corrected chi connectivity index (χ0v) is 20.5. The highest BCUT2D eigenvalue weighted by Crippen LogP contribution is 2.38. The summed E-state index contributed by atoms with van der Waals surface area (Å²) in [5, 5.41) is 16.6. The zero-order valence-electron chi connectivity index (χ0n) is 18.9. The zero-order chi connectivity index (χ0) is 24.1. The molecule has 3 aromatic rings. The van der Waals surface area contributed by atoms with Crippen LogP contribution in [0.4, 0.5) is 0 Å². The van der Waals surface area contributed by atoms with Crippen molar-refractivity contribution in [1.29, 1.82) is 0 Å². The third kappa shape index (κ3) is 7.19. The second-order valence-corrected chi connectivity index (χ2v) is 9.36. The Morgan fingerprint density at radius 3 is 2.41 bits per heavy atom. The Hall–Kier alpha value is -2.67. The number of carboxylic acid groups (broad SMARTS) is 1. The summed E-state index contributed by atoms with van der Waals surface area (Å²) in [6.07, 6.45) is 2.99. The van der Waals surface area contributed by atoms with Gasteiger partial charge in [0.2, 0.25) is 0 Å². The number of aromatic nitrogens is 3. The molecule has 2 heterocycles. The molecule has 32 heavy (non-hydrogen) atoms. The number of pyridine rings is 1. The van der Waals surface area contributed by atoms with E-state index in [1.54, 1.807) is 30.1 Å². The summed E-state index contributed by atoms with van der Waals surface area (Å²) in [6.45, 7) is 8.13. The first-order valence-electron chi connectivity index (χ1n) is 10.0. The molecule has 0 atom stereocenters. The van der Waals surface area contributed by atoms with Crippen LogP contribution in [0.2, 0.25) is 10.2 Å². The fourth-order valence-electron chi connectivity index (χ4n) is 2.89. The minimum absolute atomic E-state index is 0.250. The van der Waals surface area contributed by atoms with Crippen LogP contribution in [0, 0.1) is 6.92 Å². The lowest BCUT2D eigenvalue weighted by Crippen LogP contribution is -2.67. The fraction of sp³-hybridized carbons (Fsp3) is 0.292. The van der Waals surface area contributed by atoms with Gasteiger partial charge in [0.25, 0.3) is 0 Å². The molecule has 0 amide bonds. The molecule has 6 nitrogen and oxygen atoms in total. The molecule has 0 saturated carbocycles. The SMILES string of the molecule is CC(C)(C)[NH3+].Cc1cc(Cl)ccc1/C(=C/CC(=O)[O-])c1c(-c2ccccn2)nn(C)c1Cl. The number of rotatable bonds is 5. The smallest absolute Gasteiger partial charge is 0.135 e. The number of nitrogens with zero attached hydrogens (tertiary/aromatic N) is 3. The summed E-state index contributed by atoms with van der Waals surface area (Å²) >= 11 is 12.6. The van der Waals surface area contributed by atoms with Gasteiger partial charge in [-0.2, -0.15) is 5.10 Å². The molecular weight excluding hydrogens is 447 g/mol. The van der Waals surface area contributed by atoms with Crippen molar-refractivity contribution in [2.75, 3.05) is 0 Å². The van der Waals surface area contributed by atoms with Crippen molar-refractivity contribution in [2.45, 2.75) is 39.7 Å². The van der Waals surface area contributed by atoms with E-state index in [0.29, 0.717) is 32.7 Å². The Labute approximate surface area is 198 Å². The van der Waals surface area contributed by atoms with Crippen LogP contribution < -0.4 is 10.8 Å². The second kappa shape index (κ2) is 10.8. The number of aliphatic carboxylic acids is 1. The highest BCUT2D eigenvalue weighted by Gasteiger charge is 2.22. The summed E-state index contributed by atoms with van der Waals surface area (Å²) in [4.78, 5) is 15.5. The van der Waals surface area contributed by atoms with Gasteiger partial charge in [-0.05, 0) is 68.7 Å². The third-order valence-corrected chi connectivity index (χ3v) is 4.77. The molecule has 0 spiro atoms. The van der Waals surface area contributed by atoms with Crippen LogP contribution in [-0.4, -0.2) is 26.3 Å². The Kier molecular flexibility index (Phi) is 8.61. The number of halogens is 2. The number of quaternary nitrogens is 1. The second-order valence-electron chi connectivity index (χ2n) is 8.57. The molecule has 0 aliphatic heterocycles. The van der Waals surface area contributed by atoms with Crippen LogP contribution in [0.3, 0.4) is 0 Å². The van der Waals surface area contributed by atoms with Crippen LogP contribution in [-0.2, 0) is 11.8 Å². The van der Waals surface area contributed by atoms with Crippen molar-refractivity contribution >= 4 is 34.7 Å². The van der Waals surface area contributed by atoms with Crippen molar-refractivity contribution in [1.82, 2.24) is 14.8 Å². The van der Waals surface area contributed by atoms with E-state index in [9.17, 15) is 9.90 Å². The maximum atomic E-state index is 11.1. The van der Waals surface area contributed by atoms with E-state index in [2.05, 4.69) is 36.6 Å².